The summed E-state index contributed by atoms with van der Waals surface area (Å²) in [6, 6.07) is 12.8. The van der Waals surface area contributed by atoms with E-state index >= 15 is 0 Å². The van der Waals surface area contributed by atoms with Crippen LogP contribution in [0, 0.1) is 6.92 Å². The van der Waals surface area contributed by atoms with Crippen LogP contribution in [-0.4, -0.2) is 49.8 Å². The Kier molecular flexibility index (Phi) is 6.88. The molecular weight excluding hydrogens is 452 g/mol. The van der Waals surface area contributed by atoms with Crippen LogP contribution < -0.4 is 0 Å². The van der Waals surface area contributed by atoms with E-state index in [1.807, 2.05) is 41.9 Å². The lowest BCUT2D eigenvalue weighted by Crippen LogP contribution is -2.40. The fourth-order valence-corrected chi connectivity index (χ4v) is 6.35. The first-order valence-corrected chi connectivity index (χ1v) is 13.2. The van der Waals surface area contributed by atoms with Crippen molar-refractivity contribution in [3.63, 3.8) is 0 Å². The van der Waals surface area contributed by atoms with Crippen LogP contribution >= 0.6 is 22.7 Å². The predicted octanol–water partition coefficient (Wildman–Crippen LogP) is 3.98. The second-order valence-electron chi connectivity index (χ2n) is 7.31. The van der Waals surface area contributed by atoms with Gasteiger partial charge in [0.2, 0.25) is 10.0 Å². The number of aryl methyl sites for hydroxylation is 1. The summed E-state index contributed by atoms with van der Waals surface area (Å²) in [5.74, 6) is -0.168. The maximum atomic E-state index is 13.6. The van der Waals surface area contributed by atoms with Crippen molar-refractivity contribution < 1.29 is 17.9 Å². The molecule has 2 aromatic heterocycles. The lowest BCUT2D eigenvalue weighted by molar-refractivity contribution is 0.0726. The Hall–Kier alpha value is -2.04. The van der Waals surface area contributed by atoms with Crippen LogP contribution in [0.5, 0.6) is 0 Å². The van der Waals surface area contributed by atoms with Crippen molar-refractivity contribution in [3.8, 4) is 0 Å². The van der Waals surface area contributed by atoms with Crippen molar-refractivity contribution in [2.45, 2.75) is 24.9 Å². The van der Waals surface area contributed by atoms with Gasteiger partial charge in [0, 0.05) is 28.4 Å². The average molecular weight is 477 g/mol. The van der Waals surface area contributed by atoms with E-state index in [2.05, 4.69) is 0 Å². The zero-order chi connectivity index (χ0) is 21.8. The highest BCUT2D eigenvalue weighted by Crippen LogP contribution is 2.24. The van der Waals surface area contributed by atoms with Crippen molar-refractivity contribution in [1.29, 1.82) is 0 Å². The molecule has 1 saturated heterocycles. The molecule has 6 nitrogen and oxygen atoms in total. The molecule has 1 aliphatic heterocycles. The predicted molar refractivity (Wildman–Crippen MR) is 123 cm³/mol. The van der Waals surface area contributed by atoms with Crippen molar-refractivity contribution in [2.24, 2.45) is 0 Å². The van der Waals surface area contributed by atoms with Crippen LogP contribution in [0.15, 0.2) is 58.1 Å². The molecule has 4 rings (SSSR count). The molecule has 1 fully saturated rings. The molecule has 0 atom stereocenters. The van der Waals surface area contributed by atoms with E-state index < -0.39 is 10.0 Å². The molecule has 3 aromatic rings. The standard InChI is InChI=1S/C22H24N2O4S3/c1-17-6-7-20(31(26,27)24-8-10-28-11-9-24)14-21(17)22(25)23(15-18-4-2-12-29-18)16-19-5-3-13-30-19/h2-7,12-14H,8-11,15-16H2,1H3. The number of hydrogen-bond acceptors (Lipinski definition) is 6. The van der Waals surface area contributed by atoms with Gasteiger partial charge in [-0.15, -0.1) is 22.7 Å². The van der Waals surface area contributed by atoms with Gasteiger partial charge in [0.25, 0.3) is 5.91 Å². The fraction of sp³-hybridized carbons (Fsp3) is 0.318. The monoisotopic (exact) mass is 476 g/mol. The quantitative estimate of drug-likeness (QED) is 0.517. The summed E-state index contributed by atoms with van der Waals surface area (Å²) >= 11 is 3.20. The first-order chi connectivity index (χ1) is 14.9. The number of amides is 1. The highest BCUT2D eigenvalue weighted by molar-refractivity contribution is 7.89. The fourth-order valence-electron chi connectivity index (χ4n) is 3.48. The Morgan fingerprint density at radius 2 is 1.65 bits per heavy atom. The number of hydrogen-bond donors (Lipinski definition) is 0. The van der Waals surface area contributed by atoms with Gasteiger partial charge in [-0.25, -0.2) is 8.42 Å². The van der Waals surface area contributed by atoms with Crippen molar-refractivity contribution in [3.05, 3.63) is 74.1 Å². The van der Waals surface area contributed by atoms with Crippen LogP contribution in [0.25, 0.3) is 0 Å². The Bertz CT molecular complexity index is 1080. The summed E-state index contributed by atoms with van der Waals surface area (Å²) < 4.78 is 32.9. The van der Waals surface area contributed by atoms with Gasteiger partial charge >= 0.3 is 0 Å². The van der Waals surface area contributed by atoms with E-state index in [0.29, 0.717) is 45.0 Å². The Labute approximate surface area is 190 Å². The summed E-state index contributed by atoms with van der Waals surface area (Å²) in [5, 5.41) is 3.98. The van der Waals surface area contributed by atoms with Crippen molar-refractivity contribution in [2.75, 3.05) is 26.3 Å². The number of rotatable bonds is 7. The number of morpholine rings is 1. The van der Waals surface area contributed by atoms with Gasteiger partial charge in [-0.2, -0.15) is 4.31 Å². The highest BCUT2D eigenvalue weighted by Gasteiger charge is 2.28. The minimum absolute atomic E-state index is 0.149. The number of ether oxygens (including phenoxy) is 1. The van der Waals surface area contributed by atoms with Gasteiger partial charge < -0.3 is 9.64 Å². The lowest BCUT2D eigenvalue weighted by Gasteiger charge is -2.27. The summed E-state index contributed by atoms with van der Waals surface area (Å²) in [7, 11) is -3.67. The second kappa shape index (κ2) is 9.62. The molecule has 31 heavy (non-hydrogen) atoms. The average Bonchev–Trinajstić information content (AvgIpc) is 3.48. The van der Waals surface area contributed by atoms with E-state index in [-0.39, 0.29) is 10.8 Å². The molecule has 164 valence electrons. The third-order valence-electron chi connectivity index (χ3n) is 5.19. The maximum Gasteiger partial charge on any atom is 0.254 e. The molecule has 1 aromatic carbocycles. The van der Waals surface area contributed by atoms with E-state index in [1.165, 1.54) is 10.4 Å². The first kappa shape index (κ1) is 22.2. The van der Waals surface area contributed by atoms with Gasteiger partial charge in [0.1, 0.15) is 0 Å². The number of sulfonamides is 1. The van der Waals surface area contributed by atoms with Crippen molar-refractivity contribution in [1.82, 2.24) is 9.21 Å². The van der Waals surface area contributed by atoms with Crippen LogP contribution in [0.3, 0.4) is 0 Å². The molecule has 0 N–H and O–H groups in total. The number of benzene rings is 1. The molecular formula is C22H24N2O4S3. The number of nitrogens with zero attached hydrogens (tertiary/aromatic N) is 2. The van der Waals surface area contributed by atoms with Crippen molar-refractivity contribution >= 4 is 38.6 Å². The summed E-state index contributed by atoms with van der Waals surface area (Å²) in [6.45, 7) is 4.21. The largest absolute Gasteiger partial charge is 0.379 e. The topological polar surface area (TPSA) is 66.9 Å². The Balaban J connectivity index is 1.65. The van der Waals surface area contributed by atoms with Crippen LogP contribution in [-0.2, 0) is 27.8 Å². The van der Waals surface area contributed by atoms with Crippen LogP contribution in [0.2, 0.25) is 0 Å². The molecule has 9 heteroatoms. The zero-order valence-electron chi connectivity index (χ0n) is 17.2. The minimum atomic E-state index is -3.67. The SMILES string of the molecule is Cc1ccc(S(=O)(=O)N2CCOCC2)cc1C(=O)N(Cc1cccs1)Cc1cccs1. The molecule has 0 radical (unpaired) electrons. The number of carbonyl (C=O) groups is 1. The normalized spacial score (nSPS) is 15.1. The Morgan fingerprint density at radius 1 is 1.03 bits per heavy atom. The lowest BCUT2D eigenvalue weighted by atomic mass is 10.1. The smallest absolute Gasteiger partial charge is 0.254 e. The van der Waals surface area contributed by atoms with Crippen LogP contribution in [0.4, 0.5) is 0 Å². The van der Waals surface area contributed by atoms with Gasteiger partial charge in [-0.3, -0.25) is 4.79 Å². The van der Waals surface area contributed by atoms with E-state index in [0.717, 1.165) is 15.3 Å². The van der Waals surface area contributed by atoms with Crippen LogP contribution in [0.1, 0.15) is 25.7 Å². The zero-order valence-corrected chi connectivity index (χ0v) is 19.6. The summed E-state index contributed by atoms with van der Waals surface area (Å²) in [4.78, 5) is 17.7. The molecule has 0 saturated carbocycles. The van der Waals surface area contributed by atoms with Gasteiger partial charge in [-0.05, 0) is 47.5 Å². The third-order valence-corrected chi connectivity index (χ3v) is 8.81. The first-order valence-electron chi connectivity index (χ1n) is 9.98. The van der Waals surface area contributed by atoms with Gasteiger partial charge in [-0.1, -0.05) is 18.2 Å². The van der Waals surface area contributed by atoms with Gasteiger partial charge in [0.05, 0.1) is 31.2 Å². The molecule has 3 heterocycles. The molecule has 0 spiro atoms. The molecule has 1 aliphatic rings. The number of carbonyl (C=O) groups excluding carboxylic acids is 1. The third kappa shape index (κ3) is 5.07. The second-order valence-corrected chi connectivity index (χ2v) is 11.3. The summed E-state index contributed by atoms with van der Waals surface area (Å²) in [5.41, 5.74) is 1.18. The summed E-state index contributed by atoms with van der Waals surface area (Å²) in [6.07, 6.45) is 0. The maximum absolute atomic E-state index is 13.6. The highest BCUT2D eigenvalue weighted by atomic mass is 32.2. The molecule has 1 amide bonds. The Morgan fingerprint density at radius 3 is 2.19 bits per heavy atom. The minimum Gasteiger partial charge on any atom is -0.379 e. The van der Waals surface area contributed by atoms with Gasteiger partial charge in [0.15, 0.2) is 0 Å². The molecule has 0 bridgehead atoms. The van der Waals surface area contributed by atoms with E-state index in [1.54, 1.807) is 39.7 Å². The molecule has 0 aliphatic carbocycles. The van der Waals surface area contributed by atoms with E-state index in [9.17, 15) is 13.2 Å². The number of thiophene rings is 2. The molecule has 0 unspecified atom stereocenters. The van der Waals surface area contributed by atoms with E-state index in [4.69, 9.17) is 4.74 Å².